The smallest absolute Gasteiger partial charge is 0.409 e. The van der Waals surface area contributed by atoms with Gasteiger partial charge in [-0.25, -0.2) is 9.78 Å². The van der Waals surface area contributed by atoms with Crippen LogP contribution in [-0.4, -0.2) is 73.6 Å². The summed E-state index contributed by atoms with van der Waals surface area (Å²) >= 11 is 6.57. The number of aryl methyl sites for hydroxylation is 1. The Kier molecular flexibility index (Phi) is 7.86. The van der Waals surface area contributed by atoms with Crippen molar-refractivity contribution in [2.75, 3.05) is 51.1 Å². The topological polar surface area (TPSA) is 88.9 Å². The second-order valence-corrected chi connectivity index (χ2v) is 8.53. The molecule has 180 valence electrons. The number of anilines is 2. The quantitative estimate of drug-likeness (QED) is 0.654. The van der Waals surface area contributed by atoms with Crippen molar-refractivity contribution in [3.8, 4) is 11.4 Å². The van der Waals surface area contributed by atoms with E-state index in [1.54, 1.807) is 16.4 Å². The number of methoxy groups -OCH3 is 1. The molecule has 1 aromatic heterocycles. The first-order valence-corrected chi connectivity index (χ1v) is 11.4. The first-order valence-electron chi connectivity index (χ1n) is 11.0. The number of nitrogens with zero attached hydrogens (tertiary/aromatic N) is 4. The number of rotatable bonds is 7. The second-order valence-electron chi connectivity index (χ2n) is 8.12. The van der Waals surface area contributed by atoms with Crippen molar-refractivity contribution in [2.45, 2.75) is 39.5 Å². The van der Waals surface area contributed by atoms with Crippen molar-refractivity contribution in [1.82, 2.24) is 14.5 Å². The van der Waals surface area contributed by atoms with Gasteiger partial charge in [-0.3, -0.25) is 9.36 Å². The molecule has 2 aromatic rings. The molecule has 1 aliphatic rings. The maximum atomic E-state index is 13.5. The van der Waals surface area contributed by atoms with E-state index in [0.29, 0.717) is 54.0 Å². The molecule has 0 bridgehead atoms. The lowest BCUT2D eigenvalue weighted by atomic mass is 10.1. The molecule has 0 saturated carbocycles. The summed E-state index contributed by atoms with van der Waals surface area (Å²) in [5.41, 5.74) is 2.41. The number of ether oxygens (including phenoxy) is 2. The van der Waals surface area contributed by atoms with Crippen LogP contribution in [0.25, 0.3) is 11.4 Å². The Labute approximate surface area is 199 Å². The van der Waals surface area contributed by atoms with Crippen LogP contribution in [-0.2, 0) is 16.0 Å². The second kappa shape index (κ2) is 10.4. The Morgan fingerprint density at radius 1 is 1.30 bits per heavy atom. The summed E-state index contributed by atoms with van der Waals surface area (Å²) in [6.45, 7) is 7.25. The monoisotopic (exact) mass is 477 g/mol. The Morgan fingerprint density at radius 2 is 2.03 bits per heavy atom. The first-order chi connectivity index (χ1) is 15.7. The molecule has 0 aliphatic carbocycles. The lowest BCUT2D eigenvalue weighted by Crippen LogP contribution is -2.38. The summed E-state index contributed by atoms with van der Waals surface area (Å²) in [5, 5.41) is 3.83. The summed E-state index contributed by atoms with van der Waals surface area (Å²) in [4.78, 5) is 33.8. The largest absolute Gasteiger partial charge is 0.453 e. The maximum Gasteiger partial charge on any atom is 0.409 e. The normalized spacial score (nSPS) is 17.8. The van der Waals surface area contributed by atoms with Crippen LogP contribution in [0.3, 0.4) is 0 Å². The Balaban J connectivity index is 1.99. The van der Waals surface area contributed by atoms with Gasteiger partial charge in [0.25, 0.3) is 5.56 Å². The summed E-state index contributed by atoms with van der Waals surface area (Å²) in [6, 6.07) is 5.42. The number of carbonyl (C=O) groups is 1. The highest BCUT2D eigenvalue weighted by Gasteiger charge is 2.37. The lowest BCUT2D eigenvalue weighted by Gasteiger charge is -2.23. The number of hydrogen-bond acceptors (Lipinski definition) is 7. The fourth-order valence-corrected chi connectivity index (χ4v) is 4.31. The minimum Gasteiger partial charge on any atom is -0.453 e. The third-order valence-corrected chi connectivity index (χ3v) is 6.10. The number of amides is 1. The van der Waals surface area contributed by atoms with Crippen LogP contribution in [0.15, 0.2) is 23.0 Å². The Hall–Kier alpha value is -2.78. The number of likely N-dealkylation sites (tertiary alicyclic amines) is 1. The van der Waals surface area contributed by atoms with E-state index in [9.17, 15) is 9.59 Å². The standard InChI is InChI=1S/C23H32ClN5O4/c1-7-29-21(16-10-9-15(27(4)5)11-17(16)24)25-14(3)20(22(29)30)26-18-12-28(23(31)32-6)13-19(18)33-8-2/h9-11,18-19,26H,7-8,12-13H2,1-6H3/t18-,19+/m1/s1. The maximum absolute atomic E-state index is 13.5. The fourth-order valence-electron chi connectivity index (χ4n) is 4.05. The zero-order valence-corrected chi connectivity index (χ0v) is 20.8. The van der Waals surface area contributed by atoms with E-state index in [4.69, 9.17) is 26.1 Å². The Morgan fingerprint density at radius 3 is 2.61 bits per heavy atom. The Bertz CT molecular complexity index is 1070. The van der Waals surface area contributed by atoms with Crippen LogP contribution in [0.4, 0.5) is 16.2 Å². The van der Waals surface area contributed by atoms with Gasteiger partial charge in [-0.15, -0.1) is 0 Å². The molecule has 1 amide bonds. The molecule has 0 spiro atoms. The third-order valence-electron chi connectivity index (χ3n) is 5.79. The zero-order valence-electron chi connectivity index (χ0n) is 20.0. The van der Waals surface area contributed by atoms with Gasteiger partial charge in [0.15, 0.2) is 0 Å². The van der Waals surface area contributed by atoms with E-state index in [2.05, 4.69) is 5.32 Å². The van der Waals surface area contributed by atoms with E-state index in [0.717, 1.165) is 5.69 Å². The highest BCUT2D eigenvalue weighted by molar-refractivity contribution is 6.33. The molecule has 0 unspecified atom stereocenters. The minimum absolute atomic E-state index is 0.195. The summed E-state index contributed by atoms with van der Waals surface area (Å²) in [5.74, 6) is 0.518. The number of nitrogens with one attached hydrogen (secondary N) is 1. The van der Waals surface area contributed by atoms with Crippen LogP contribution in [0, 0.1) is 6.92 Å². The molecule has 1 fully saturated rings. The number of carbonyl (C=O) groups excluding carboxylic acids is 1. The van der Waals surface area contributed by atoms with Gasteiger partial charge >= 0.3 is 6.09 Å². The van der Waals surface area contributed by atoms with Gasteiger partial charge in [0, 0.05) is 45.0 Å². The van der Waals surface area contributed by atoms with Gasteiger partial charge in [0.05, 0.1) is 36.5 Å². The van der Waals surface area contributed by atoms with Crippen LogP contribution in [0.1, 0.15) is 19.5 Å². The van der Waals surface area contributed by atoms with Crippen molar-refractivity contribution < 1.29 is 14.3 Å². The van der Waals surface area contributed by atoms with E-state index in [1.165, 1.54) is 7.11 Å². The van der Waals surface area contributed by atoms with Gasteiger partial charge in [-0.1, -0.05) is 11.6 Å². The fraction of sp³-hybridized carbons (Fsp3) is 0.522. The van der Waals surface area contributed by atoms with Gasteiger partial charge in [-0.2, -0.15) is 0 Å². The van der Waals surface area contributed by atoms with Gasteiger partial charge in [-0.05, 0) is 39.0 Å². The molecule has 1 aliphatic heterocycles. The molecule has 3 rings (SSSR count). The summed E-state index contributed by atoms with van der Waals surface area (Å²) < 4.78 is 12.3. The predicted octanol–water partition coefficient (Wildman–Crippen LogP) is 3.23. The van der Waals surface area contributed by atoms with Crippen molar-refractivity contribution in [3.05, 3.63) is 39.3 Å². The number of aromatic nitrogens is 2. The summed E-state index contributed by atoms with van der Waals surface area (Å²) in [7, 11) is 5.23. The molecule has 1 saturated heterocycles. The molecule has 0 radical (unpaired) electrons. The molecular formula is C23H32ClN5O4. The molecule has 2 heterocycles. The highest BCUT2D eigenvalue weighted by atomic mass is 35.5. The molecule has 10 heteroatoms. The molecule has 2 atom stereocenters. The molecule has 33 heavy (non-hydrogen) atoms. The van der Waals surface area contributed by atoms with E-state index in [-0.39, 0.29) is 17.7 Å². The van der Waals surface area contributed by atoms with Crippen LogP contribution >= 0.6 is 11.6 Å². The van der Waals surface area contributed by atoms with Crippen molar-refractivity contribution in [2.24, 2.45) is 0 Å². The van der Waals surface area contributed by atoms with Crippen molar-refractivity contribution in [1.29, 1.82) is 0 Å². The van der Waals surface area contributed by atoms with Crippen LogP contribution in [0.5, 0.6) is 0 Å². The van der Waals surface area contributed by atoms with Crippen molar-refractivity contribution >= 4 is 29.1 Å². The van der Waals surface area contributed by atoms with Gasteiger partial charge in [0.1, 0.15) is 11.5 Å². The molecule has 1 N–H and O–H groups in total. The number of hydrogen-bond donors (Lipinski definition) is 1. The molecule has 1 aromatic carbocycles. The molecule has 9 nitrogen and oxygen atoms in total. The SMILES string of the molecule is CCO[C@H]1CN(C(=O)OC)C[C@H]1Nc1c(C)nc(-c2ccc(N(C)C)cc2Cl)n(CC)c1=O. The lowest BCUT2D eigenvalue weighted by molar-refractivity contribution is 0.0614. The first kappa shape index (κ1) is 24.9. The van der Waals surface area contributed by atoms with E-state index >= 15 is 0 Å². The number of halogens is 1. The third kappa shape index (κ3) is 5.09. The average Bonchev–Trinajstić information content (AvgIpc) is 3.18. The minimum atomic E-state index is -0.420. The van der Waals surface area contributed by atoms with E-state index in [1.807, 2.05) is 51.0 Å². The highest BCUT2D eigenvalue weighted by Crippen LogP contribution is 2.31. The van der Waals surface area contributed by atoms with Crippen LogP contribution in [0.2, 0.25) is 5.02 Å². The van der Waals surface area contributed by atoms with Gasteiger partial charge < -0.3 is 24.6 Å². The van der Waals surface area contributed by atoms with E-state index < -0.39 is 6.09 Å². The predicted molar refractivity (Wildman–Crippen MR) is 130 cm³/mol. The van der Waals surface area contributed by atoms with Crippen molar-refractivity contribution in [3.63, 3.8) is 0 Å². The van der Waals surface area contributed by atoms with Crippen LogP contribution < -0.4 is 15.8 Å². The summed E-state index contributed by atoms with van der Waals surface area (Å²) in [6.07, 6.45) is -0.688. The number of benzene rings is 1. The van der Waals surface area contributed by atoms with Gasteiger partial charge in [0.2, 0.25) is 0 Å². The zero-order chi connectivity index (χ0) is 24.3. The average molecular weight is 478 g/mol. The molecular weight excluding hydrogens is 446 g/mol.